The number of hydrogen-bond acceptors (Lipinski definition) is 1. The summed E-state index contributed by atoms with van der Waals surface area (Å²) in [5.74, 6) is 0. The van der Waals surface area contributed by atoms with Crippen molar-refractivity contribution in [3.63, 3.8) is 0 Å². The molecule has 0 aromatic heterocycles. The first-order valence-electron chi connectivity index (χ1n) is 4.87. The highest BCUT2D eigenvalue weighted by atomic mass is 35.5. The molecule has 1 aliphatic rings. The Morgan fingerprint density at radius 1 is 1.29 bits per heavy atom. The number of fused-ring (bicyclic) bond motifs is 1. The summed E-state index contributed by atoms with van der Waals surface area (Å²) < 4.78 is 0. The molecule has 1 aliphatic heterocycles. The average Bonchev–Trinajstić information content (AvgIpc) is 2.25. The van der Waals surface area contributed by atoms with Gasteiger partial charge in [-0.3, -0.25) is 4.99 Å². The average molecular weight is 208 g/mol. The van der Waals surface area contributed by atoms with E-state index < -0.39 is 0 Å². The predicted molar refractivity (Wildman–Crippen MR) is 61.2 cm³/mol. The number of rotatable bonds is 0. The zero-order chi connectivity index (χ0) is 10.2. The first kappa shape index (κ1) is 9.72. The highest BCUT2D eigenvalue weighted by molar-refractivity contribution is 6.69. The standard InChI is InChI=1S/C12H14ClN/c1-12(2)7-9-5-3-4-6-10(9)11(13)14-8-12/h3-6H,7-8H2,1-2H3. The minimum Gasteiger partial charge on any atom is -0.272 e. The second kappa shape index (κ2) is 3.39. The van der Waals surface area contributed by atoms with Gasteiger partial charge in [-0.05, 0) is 17.4 Å². The first-order valence-corrected chi connectivity index (χ1v) is 5.24. The van der Waals surface area contributed by atoms with Crippen LogP contribution in [0.15, 0.2) is 29.3 Å². The van der Waals surface area contributed by atoms with Crippen LogP contribution in [-0.2, 0) is 6.42 Å². The molecule has 0 atom stereocenters. The molecule has 2 rings (SSSR count). The zero-order valence-corrected chi connectivity index (χ0v) is 9.30. The molecule has 0 radical (unpaired) electrons. The van der Waals surface area contributed by atoms with E-state index in [9.17, 15) is 0 Å². The lowest BCUT2D eigenvalue weighted by atomic mass is 9.85. The van der Waals surface area contributed by atoms with Crippen LogP contribution in [-0.4, -0.2) is 11.7 Å². The Hall–Kier alpha value is -0.820. The van der Waals surface area contributed by atoms with Crippen LogP contribution in [0.25, 0.3) is 0 Å². The van der Waals surface area contributed by atoms with Crippen LogP contribution in [0.2, 0.25) is 0 Å². The van der Waals surface area contributed by atoms with Gasteiger partial charge in [-0.2, -0.15) is 0 Å². The van der Waals surface area contributed by atoms with E-state index in [4.69, 9.17) is 11.6 Å². The molecule has 74 valence electrons. The molecule has 0 aliphatic carbocycles. The van der Waals surface area contributed by atoms with Gasteiger partial charge in [-0.15, -0.1) is 0 Å². The summed E-state index contributed by atoms with van der Waals surface area (Å²) in [6, 6.07) is 8.25. The molecule has 0 saturated heterocycles. The van der Waals surface area contributed by atoms with Crippen molar-refractivity contribution in [1.29, 1.82) is 0 Å². The summed E-state index contributed by atoms with van der Waals surface area (Å²) in [7, 11) is 0. The SMILES string of the molecule is CC1(C)CN=C(Cl)c2ccccc2C1. The molecule has 0 unspecified atom stereocenters. The van der Waals surface area contributed by atoms with Crippen molar-refractivity contribution in [2.45, 2.75) is 20.3 Å². The number of benzene rings is 1. The van der Waals surface area contributed by atoms with E-state index in [0.29, 0.717) is 5.17 Å². The fraction of sp³-hybridized carbons (Fsp3) is 0.417. The fourth-order valence-electron chi connectivity index (χ4n) is 1.82. The Morgan fingerprint density at radius 2 is 2.00 bits per heavy atom. The van der Waals surface area contributed by atoms with Gasteiger partial charge in [0.15, 0.2) is 0 Å². The quantitative estimate of drug-likeness (QED) is 0.619. The van der Waals surface area contributed by atoms with Crippen molar-refractivity contribution >= 4 is 16.8 Å². The summed E-state index contributed by atoms with van der Waals surface area (Å²) in [4.78, 5) is 4.40. The van der Waals surface area contributed by atoms with Gasteiger partial charge in [0.2, 0.25) is 0 Å². The smallest absolute Gasteiger partial charge is 0.131 e. The van der Waals surface area contributed by atoms with E-state index in [-0.39, 0.29) is 5.41 Å². The maximum Gasteiger partial charge on any atom is 0.131 e. The monoisotopic (exact) mass is 207 g/mol. The number of aliphatic imine (C=N–C) groups is 1. The third kappa shape index (κ3) is 1.83. The molecular weight excluding hydrogens is 194 g/mol. The van der Waals surface area contributed by atoms with E-state index in [1.807, 2.05) is 12.1 Å². The first-order chi connectivity index (χ1) is 6.58. The molecule has 1 aromatic carbocycles. The summed E-state index contributed by atoms with van der Waals surface area (Å²) in [5.41, 5.74) is 2.62. The lowest BCUT2D eigenvalue weighted by Crippen LogP contribution is -2.17. The Labute approximate surface area is 89.8 Å². The van der Waals surface area contributed by atoms with Crippen LogP contribution in [0.4, 0.5) is 0 Å². The van der Waals surface area contributed by atoms with Crippen molar-refractivity contribution in [3.05, 3.63) is 35.4 Å². The van der Waals surface area contributed by atoms with Crippen LogP contribution < -0.4 is 0 Å². The van der Waals surface area contributed by atoms with Crippen molar-refractivity contribution in [2.75, 3.05) is 6.54 Å². The number of nitrogens with zero attached hydrogens (tertiary/aromatic N) is 1. The topological polar surface area (TPSA) is 12.4 Å². The van der Waals surface area contributed by atoms with Gasteiger partial charge in [0, 0.05) is 12.1 Å². The minimum atomic E-state index is 0.215. The lowest BCUT2D eigenvalue weighted by molar-refractivity contribution is 0.381. The Balaban J connectivity index is 2.51. The fourth-order valence-corrected chi connectivity index (χ4v) is 2.06. The molecule has 0 fully saturated rings. The molecule has 0 amide bonds. The molecule has 1 nitrogen and oxygen atoms in total. The summed E-state index contributed by atoms with van der Waals surface area (Å²) >= 11 is 6.13. The summed E-state index contributed by atoms with van der Waals surface area (Å²) in [5, 5.41) is 0.658. The van der Waals surface area contributed by atoms with E-state index in [0.717, 1.165) is 18.5 Å². The van der Waals surface area contributed by atoms with Crippen molar-refractivity contribution in [3.8, 4) is 0 Å². The molecule has 0 N–H and O–H groups in total. The molecule has 0 spiro atoms. The van der Waals surface area contributed by atoms with Crippen LogP contribution in [0, 0.1) is 5.41 Å². The second-order valence-corrected chi connectivity index (χ2v) is 4.96. The van der Waals surface area contributed by atoms with Crippen molar-refractivity contribution in [1.82, 2.24) is 0 Å². The molecule has 2 heteroatoms. The van der Waals surface area contributed by atoms with Gasteiger partial charge >= 0.3 is 0 Å². The van der Waals surface area contributed by atoms with E-state index >= 15 is 0 Å². The van der Waals surface area contributed by atoms with Gasteiger partial charge in [0.05, 0.1) is 0 Å². The van der Waals surface area contributed by atoms with Gasteiger partial charge in [0.25, 0.3) is 0 Å². The van der Waals surface area contributed by atoms with E-state index in [2.05, 4.69) is 31.0 Å². The molecule has 1 heterocycles. The Morgan fingerprint density at radius 3 is 2.79 bits per heavy atom. The van der Waals surface area contributed by atoms with Gasteiger partial charge in [0.1, 0.15) is 5.17 Å². The maximum absolute atomic E-state index is 6.13. The van der Waals surface area contributed by atoms with Gasteiger partial charge in [-0.1, -0.05) is 49.7 Å². The largest absolute Gasteiger partial charge is 0.272 e. The Kier molecular flexibility index (Phi) is 2.36. The lowest BCUT2D eigenvalue weighted by Gasteiger charge is -2.20. The normalized spacial score (nSPS) is 19.5. The number of halogens is 1. The molecule has 1 aromatic rings. The molecule has 0 saturated carbocycles. The van der Waals surface area contributed by atoms with Crippen LogP contribution in [0.1, 0.15) is 25.0 Å². The van der Waals surface area contributed by atoms with Crippen LogP contribution in [0.5, 0.6) is 0 Å². The van der Waals surface area contributed by atoms with Gasteiger partial charge < -0.3 is 0 Å². The third-order valence-corrected chi connectivity index (χ3v) is 2.88. The molecule has 0 bridgehead atoms. The van der Waals surface area contributed by atoms with E-state index in [1.54, 1.807) is 0 Å². The van der Waals surface area contributed by atoms with Crippen LogP contribution in [0.3, 0.4) is 0 Å². The van der Waals surface area contributed by atoms with Crippen molar-refractivity contribution < 1.29 is 0 Å². The van der Waals surface area contributed by atoms with Gasteiger partial charge in [-0.25, -0.2) is 0 Å². The maximum atomic E-state index is 6.13. The number of hydrogen-bond donors (Lipinski definition) is 0. The zero-order valence-electron chi connectivity index (χ0n) is 8.55. The molecular formula is C12H14ClN. The summed E-state index contributed by atoms with van der Waals surface area (Å²) in [6.45, 7) is 5.26. The van der Waals surface area contributed by atoms with E-state index in [1.165, 1.54) is 5.56 Å². The van der Waals surface area contributed by atoms with Crippen molar-refractivity contribution in [2.24, 2.45) is 10.4 Å². The predicted octanol–water partition coefficient (Wildman–Crippen LogP) is 3.25. The minimum absolute atomic E-state index is 0.215. The third-order valence-electron chi connectivity index (χ3n) is 2.55. The summed E-state index contributed by atoms with van der Waals surface area (Å²) in [6.07, 6.45) is 1.04. The second-order valence-electron chi connectivity index (χ2n) is 4.61. The van der Waals surface area contributed by atoms with Crippen LogP contribution >= 0.6 is 11.6 Å². The highest BCUT2D eigenvalue weighted by Gasteiger charge is 2.23. The highest BCUT2D eigenvalue weighted by Crippen LogP contribution is 2.28. The molecule has 14 heavy (non-hydrogen) atoms. The Bertz CT molecular complexity index is 380.